The van der Waals surface area contributed by atoms with Crippen molar-refractivity contribution in [1.29, 1.82) is 0 Å². The van der Waals surface area contributed by atoms with Gasteiger partial charge in [0.2, 0.25) is 5.91 Å². The molecule has 1 atom stereocenters. The van der Waals surface area contributed by atoms with Crippen molar-refractivity contribution in [1.82, 2.24) is 19.9 Å². The maximum atomic E-state index is 12.5. The molecule has 1 aliphatic rings. The number of anilines is 1. The van der Waals surface area contributed by atoms with Gasteiger partial charge in [-0.3, -0.25) is 9.59 Å². The van der Waals surface area contributed by atoms with Crippen LogP contribution in [-0.4, -0.2) is 44.8 Å². The van der Waals surface area contributed by atoms with Crippen LogP contribution in [0.1, 0.15) is 29.7 Å². The van der Waals surface area contributed by atoms with E-state index in [2.05, 4.69) is 15.6 Å². The zero-order valence-electron chi connectivity index (χ0n) is 12.3. The highest BCUT2D eigenvalue weighted by molar-refractivity contribution is 5.95. The number of hydrogen-bond acceptors (Lipinski definition) is 4. The number of carbonyl (C=O) groups is 2. The van der Waals surface area contributed by atoms with Crippen molar-refractivity contribution in [3.8, 4) is 0 Å². The van der Waals surface area contributed by atoms with E-state index in [9.17, 15) is 9.59 Å². The molecule has 1 aromatic carbocycles. The average molecular weight is 299 g/mol. The van der Waals surface area contributed by atoms with Crippen LogP contribution in [0.25, 0.3) is 0 Å². The summed E-state index contributed by atoms with van der Waals surface area (Å²) >= 11 is 0. The topological polar surface area (TPSA) is 80.1 Å². The molecule has 1 saturated heterocycles. The molecule has 2 amide bonds. The van der Waals surface area contributed by atoms with Gasteiger partial charge in [0.25, 0.3) is 5.91 Å². The molecular weight excluding hydrogens is 282 g/mol. The average Bonchev–Trinajstić information content (AvgIpc) is 3.18. The van der Waals surface area contributed by atoms with Gasteiger partial charge in [0, 0.05) is 37.5 Å². The van der Waals surface area contributed by atoms with Crippen LogP contribution < -0.4 is 5.32 Å². The number of benzene rings is 1. The van der Waals surface area contributed by atoms with E-state index in [0.29, 0.717) is 24.3 Å². The number of likely N-dealkylation sites (tertiary alicyclic amines) is 1. The van der Waals surface area contributed by atoms with Gasteiger partial charge < -0.3 is 10.2 Å². The van der Waals surface area contributed by atoms with E-state index < -0.39 is 0 Å². The summed E-state index contributed by atoms with van der Waals surface area (Å²) < 4.78 is 1.80. The molecule has 0 aliphatic carbocycles. The van der Waals surface area contributed by atoms with E-state index in [4.69, 9.17) is 0 Å². The number of carbonyl (C=O) groups excluding carboxylic acids is 2. The van der Waals surface area contributed by atoms with E-state index in [0.717, 1.165) is 6.42 Å². The SMILES string of the molecule is CC(=O)Nc1ccc(C(=O)N2CCC(n3ccnn3)C2)cc1. The van der Waals surface area contributed by atoms with Gasteiger partial charge in [0.1, 0.15) is 0 Å². The van der Waals surface area contributed by atoms with Crippen LogP contribution in [0.4, 0.5) is 5.69 Å². The Morgan fingerprint density at radius 1 is 1.27 bits per heavy atom. The lowest BCUT2D eigenvalue weighted by molar-refractivity contribution is -0.114. The van der Waals surface area contributed by atoms with Gasteiger partial charge in [-0.15, -0.1) is 5.10 Å². The van der Waals surface area contributed by atoms with Crippen LogP contribution in [0.3, 0.4) is 0 Å². The number of amides is 2. The minimum absolute atomic E-state index is 0.00279. The normalized spacial score (nSPS) is 17.5. The summed E-state index contributed by atoms with van der Waals surface area (Å²) in [5.74, 6) is -0.133. The summed E-state index contributed by atoms with van der Waals surface area (Å²) in [6.45, 7) is 2.79. The monoisotopic (exact) mass is 299 g/mol. The molecule has 22 heavy (non-hydrogen) atoms. The first kappa shape index (κ1) is 14.2. The van der Waals surface area contributed by atoms with Crippen molar-refractivity contribution in [2.24, 2.45) is 0 Å². The van der Waals surface area contributed by atoms with Gasteiger partial charge in [-0.1, -0.05) is 5.21 Å². The molecule has 0 bridgehead atoms. The maximum Gasteiger partial charge on any atom is 0.253 e. The molecule has 1 aliphatic heterocycles. The predicted octanol–water partition coefficient (Wildman–Crippen LogP) is 1.32. The fourth-order valence-electron chi connectivity index (χ4n) is 2.64. The molecule has 1 aromatic heterocycles. The molecule has 3 rings (SSSR count). The lowest BCUT2D eigenvalue weighted by Crippen LogP contribution is -2.29. The third kappa shape index (κ3) is 2.98. The second-order valence-electron chi connectivity index (χ2n) is 5.34. The van der Waals surface area contributed by atoms with E-state index in [1.807, 2.05) is 11.1 Å². The number of nitrogens with zero attached hydrogens (tertiary/aromatic N) is 4. The van der Waals surface area contributed by atoms with Gasteiger partial charge in [-0.25, -0.2) is 4.68 Å². The van der Waals surface area contributed by atoms with Crippen molar-refractivity contribution in [3.05, 3.63) is 42.2 Å². The molecule has 2 aromatic rings. The van der Waals surface area contributed by atoms with Crippen LogP contribution in [0, 0.1) is 0 Å². The molecule has 7 heteroatoms. The molecule has 0 saturated carbocycles. The molecule has 114 valence electrons. The standard InChI is InChI=1S/C15H17N5O2/c1-11(21)17-13-4-2-12(3-5-13)15(22)19-8-6-14(10-19)20-9-7-16-18-20/h2-5,7,9,14H,6,8,10H2,1H3,(H,17,21). The Labute approximate surface area is 127 Å². The Balaban J connectivity index is 1.65. The Hall–Kier alpha value is -2.70. The summed E-state index contributed by atoms with van der Waals surface area (Å²) in [5, 5.41) is 10.5. The van der Waals surface area contributed by atoms with E-state index >= 15 is 0 Å². The Bertz CT molecular complexity index is 666. The van der Waals surface area contributed by atoms with Crippen LogP contribution in [0.5, 0.6) is 0 Å². The Morgan fingerprint density at radius 2 is 2.05 bits per heavy atom. The zero-order chi connectivity index (χ0) is 15.5. The number of nitrogens with one attached hydrogen (secondary N) is 1. The molecule has 0 spiro atoms. The van der Waals surface area contributed by atoms with E-state index in [-0.39, 0.29) is 17.9 Å². The molecule has 2 heterocycles. The summed E-state index contributed by atoms with van der Waals surface area (Å²) in [6, 6.07) is 7.12. The van der Waals surface area contributed by atoms with Gasteiger partial charge >= 0.3 is 0 Å². The first-order valence-corrected chi connectivity index (χ1v) is 7.16. The number of rotatable bonds is 3. The van der Waals surface area contributed by atoms with E-state index in [1.54, 1.807) is 35.1 Å². The molecule has 0 radical (unpaired) electrons. The molecule has 1 N–H and O–H groups in total. The highest BCUT2D eigenvalue weighted by Gasteiger charge is 2.28. The zero-order valence-corrected chi connectivity index (χ0v) is 12.3. The lowest BCUT2D eigenvalue weighted by Gasteiger charge is -2.16. The quantitative estimate of drug-likeness (QED) is 0.927. The lowest BCUT2D eigenvalue weighted by atomic mass is 10.2. The fraction of sp³-hybridized carbons (Fsp3) is 0.333. The minimum atomic E-state index is -0.130. The van der Waals surface area contributed by atoms with Gasteiger partial charge in [0.15, 0.2) is 0 Å². The third-order valence-corrected chi connectivity index (χ3v) is 3.72. The number of hydrogen-bond donors (Lipinski definition) is 1. The molecule has 7 nitrogen and oxygen atoms in total. The maximum absolute atomic E-state index is 12.5. The minimum Gasteiger partial charge on any atom is -0.336 e. The van der Waals surface area contributed by atoms with Crippen LogP contribution >= 0.6 is 0 Å². The first-order valence-electron chi connectivity index (χ1n) is 7.16. The van der Waals surface area contributed by atoms with Crippen molar-refractivity contribution in [3.63, 3.8) is 0 Å². The summed E-state index contributed by atoms with van der Waals surface area (Å²) in [7, 11) is 0. The van der Waals surface area contributed by atoms with Crippen molar-refractivity contribution < 1.29 is 9.59 Å². The van der Waals surface area contributed by atoms with Crippen molar-refractivity contribution >= 4 is 17.5 Å². The summed E-state index contributed by atoms with van der Waals surface area (Å²) in [6.07, 6.45) is 4.34. The number of aromatic nitrogens is 3. The van der Waals surface area contributed by atoms with Crippen LogP contribution in [-0.2, 0) is 4.79 Å². The summed E-state index contributed by atoms with van der Waals surface area (Å²) in [5.41, 5.74) is 1.30. The predicted molar refractivity (Wildman–Crippen MR) is 80.3 cm³/mol. The second-order valence-corrected chi connectivity index (χ2v) is 5.34. The first-order chi connectivity index (χ1) is 10.6. The van der Waals surface area contributed by atoms with Crippen LogP contribution in [0.15, 0.2) is 36.7 Å². The van der Waals surface area contributed by atoms with Gasteiger partial charge in [0.05, 0.1) is 12.2 Å². The largest absolute Gasteiger partial charge is 0.336 e. The smallest absolute Gasteiger partial charge is 0.253 e. The fourth-order valence-corrected chi connectivity index (χ4v) is 2.64. The Kier molecular flexibility index (Phi) is 3.86. The van der Waals surface area contributed by atoms with Crippen molar-refractivity contribution in [2.75, 3.05) is 18.4 Å². The Morgan fingerprint density at radius 3 is 2.68 bits per heavy atom. The highest BCUT2D eigenvalue weighted by atomic mass is 16.2. The van der Waals surface area contributed by atoms with E-state index in [1.165, 1.54) is 6.92 Å². The third-order valence-electron chi connectivity index (χ3n) is 3.72. The highest BCUT2D eigenvalue weighted by Crippen LogP contribution is 2.22. The molecule has 1 fully saturated rings. The van der Waals surface area contributed by atoms with Gasteiger partial charge in [-0.2, -0.15) is 0 Å². The second kappa shape index (κ2) is 5.97. The van der Waals surface area contributed by atoms with Crippen molar-refractivity contribution in [2.45, 2.75) is 19.4 Å². The van der Waals surface area contributed by atoms with Gasteiger partial charge in [-0.05, 0) is 30.7 Å². The molecular formula is C15H17N5O2. The molecule has 1 unspecified atom stereocenters. The summed E-state index contributed by atoms with van der Waals surface area (Å²) in [4.78, 5) is 25.3. The van der Waals surface area contributed by atoms with Crippen LogP contribution in [0.2, 0.25) is 0 Å².